The van der Waals surface area contributed by atoms with Crippen LogP contribution in [0.25, 0.3) is 6.08 Å². The van der Waals surface area contributed by atoms with Gasteiger partial charge in [0.2, 0.25) is 5.91 Å². The van der Waals surface area contributed by atoms with E-state index >= 15 is 0 Å². The molecule has 0 aliphatic heterocycles. The van der Waals surface area contributed by atoms with Gasteiger partial charge in [0.1, 0.15) is 11.7 Å². The van der Waals surface area contributed by atoms with Crippen LogP contribution in [0.15, 0.2) is 77.8 Å². The molecule has 3 N–H and O–H groups in total. The van der Waals surface area contributed by atoms with Crippen LogP contribution in [0, 0.1) is 5.82 Å². The van der Waals surface area contributed by atoms with Gasteiger partial charge in [-0.2, -0.15) is 13.2 Å². The molecule has 0 unspecified atom stereocenters. The Morgan fingerprint density at radius 1 is 1.03 bits per heavy atom. The van der Waals surface area contributed by atoms with Crippen LogP contribution >= 0.6 is 11.6 Å². The number of amides is 1. The lowest BCUT2D eigenvalue weighted by molar-refractivity contribution is -0.137. The number of anilines is 1. The van der Waals surface area contributed by atoms with Gasteiger partial charge in [-0.3, -0.25) is 4.79 Å². The third-order valence-corrected chi connectivity index (χ3v) is 4.45. The van der Waals surface area contributed by atoms with Gasteiger partial charge < -0.3 is 11.1 Å². The predicted molar refractivity (Wildman–Crippen MR) is 117 cm³/mol. The molecule has 0 fully saturated rings. The van der Waals surface area contributed by atoms with Gasteiger partial charge in [0.25, 0.3) is 0 Å². The molecule has 0 atom stereocenters. The lowest BCUT2D eigenvalue weighted by atomic mass is 10.1. The fraction of sp³-hybridized carbons (Fsp3) is 0.0435. The van der Waals surface area contributed by atoms with Gasteiger partial charge in [-0.15, -0.1) is 0 Å². The molecule has 0 heterocycles. The molecule has 0 saturated heterocycles. The molecule has 164 valence electrons. The number of aliphatic imine (C=N–C) groups is 1. The summed E-state index contributed by atoms with van der Waals surface area (Å²) in [4.78, 5) is 16.4. The summed E-state index contributed by atoms with van der Waals surface area (Å²) in [6.07, 6.45) is -2.50. The normalized spacial score (nSPS) is 12.2. The molecule has 0 aromatic heterocycles. The average Bonchev–Trinajstić information content (AvgIpc) is 2.71. The standard InChI is InChI=1S/C23H16ClF4N3O/c24-15-11-16(13-17(12-15)31-22(29)18-6-2-4-8-20(18)25)30-21(32)10-9-14-5-1-3-7-19(14)23(26,27)28/h1-13H,(H2,29,31)(H,30,32)/b10-9+. The maximum absolute atomic E-state index is 13.9. The number of benzene rings is 3. The first kappa shape index (κ1) is 23.0. The van der Waals surface area contributed by atoms with Crippen molar-refractivity contribution in [3.8, 4) is 0 Å². The number of nitrogens with one attached hydrogen (secondary N) is 1. The summed E-state index contributed by atoms with van der Waals surface area (Å²) in [6, 6.07) is 15.0. The van der Waals surface area contributed by atoms with Crippen molar-refractivity contribution in [3.63, 3.8) is 0 Å². The Kier molecular flexibility index (Phi) is 6.95. The number of hydrogen-bond donors (Lipinski definition) is 2. The fourth-order valence-electron chi connectivity index (χ4n) is 2.83. The van der Waals surface area contributed by atoms with Gasteiger partial charge in [0.15, 0.2) is 0 Å². The smallest absolute Gasteiger partial charge is 0.383 e. The zero-order valence-electron chi connectivity index (χ0n) is 16.3. The highest BCUT2D eigenvalue weighted by molar-refractivity contribution is 6.31. The van der Waals surface area contributed by atoms with Gasteiger partial charge in [-0.1, -0.05) is 41.9 Å². The van der Waals surface area contributed by atoms with Gasteiger partial charge in [-0.05, 0) is 48.0 Å². The van der Waals surface area contributed by atoms with Crippen LogP contribution in [0.4, 0.5) is 28.9 Å². The Hall–Kier alpha value is -3.65. The summed E-state index contributed by atoms with van der Waals surface area (Å²) in [5.74, 6) is -1.32. The van der Waals surface area contributed by atoms with Crippen LogP contribution in [-0.2, 0) is 11.0 Å². The first-order valence-electron chi connectivity index (χ1n) is 9.18. The summed E-state index contributed by atoms with van der Waals surface area (Å²) in [5, 5.41) is 2.72. The molecular weight excluding hydrogens is 446 g/mol. The average molecular weight is 462 g/mol. The number of carbonyl (C=O) groups excluding carboxylic acids is 1. The molecule has 3 aromatic carbocycles. The summed E-state index contributed by atoms with van der Waals surface area (Å²) in [5.41, 5.74) is 5.45. The number of alkyl halides is 3. The minimum absolute atomic E-state index is 0.0914. The maximum atomic E-state index is 13.9. The second-order valence-electron chi connectivity index (χ2n) is 6.58. The first-order chi connectivity index (χ1) is 15.1. The number of carbonyl (C=O) groups is 1. The molecule has 0 aliphatic carbocycles. The largest absolute Gasteiger partial charge is 0.416 e. The Bertz CT molecular complexity index is 1210. The molecule has 3 aromatic rings. The van der Waals surface area contributed by atoms with E-state index < -0.39 is 23.5 Å². The maximum Gasteiger partial charge on any atom is 0.416 e. The number of rotatable bonds is 5. The van der Waals surface area contributed by atoms with E-state index in [1.54, 1.807) is 6.07 Å². The van der Waals surface area contributed by atoms with E-state index in [0.717, 1.165) is 18.2 Å². The lowest BCUT2D eigenvalue weighted by Gasteiger charge is -2.09. The molecule has 0 radical (unpaired) electrons. The van der Waals surface area contributed by atoms with Crippen LogP contribution in [-0.4, -0.2) is 11.7 Å². The first-order valence-corrected chi connectivity index (χ1v) is 9.56. The fourth-order valence-corrected chi connectivity index (χ4v) is 3.06. The zero-order valence-corrected chi connectivity index (χ0v) is 17.1. The quantitative estimate of drug-likeness (QED) is 0.206. The minimum atomic E-state index is -4.55. The Morgan fingerprint density at radius 3 is 2.44 bits per heavy atom. The highest BCUT2D eigenvalue weighted by atomic mass is 35.5. The molecule has 1 amide bonds. The Labute approximate surface area is 186 Å². The SMILES string of the molecule is NC(=Nc1cc(Cl)cc(NC(=O)/C=C/c2ccccc2C(F)(F)F)c1)c1ccccc1F. The van der Waals surface area contributed by atoms with E-state index in [2.05, 4.69) is 10.3 Å². The topological polar surface area (TPSA) is 67.5 Å². The van der Waals surface area contributed by atoms with Crippen molar-refractivity contribution in [2.24, 2.45) is 10.7 Å². The monoisotopic (exact) mass is 461 g/mol. The highest BCUT2D eigenvalue weighted by Crippen LogP contribution is 2.32. The van der Waals surface area contributed by atoms with Crippen molar-refractivity contribution in [2.75, 3.05) is 5.32 Å². The van der Waals surface area contributed by atoms with Gasteiger partial charge >= 0.3 is 6.18 Å². The van der Waals surface area contributed by atoms with E-state index in [4.69, 9.17) is 17.3 Å². The highest BCUT2D eigenvalue weighted by Gasteiger charge is 2.32. The molecule has 3 rings (SSSR count). The predicted octanol–water partition coefficient (Wildman–Crippen LogP) is 6.19. The molecule has 0 saturated carbocycles. The summed E-state index contributed by atoms with van der Waals surface area (Å²) >= 11 is 6.06. The van der Waals surface area contributed by atoms with Crippen molar-refractivity contribution >= 4 is 40.8 Å². The van der Waals surface area contributed by atoms with Crippen molar-refractivity contribution < 1.29 is 22.4 Å². The van der Waals surface area contributed by atoms with Crippen molar-refractivity contribution in [3.05, 3.63) is 100 Å². The molecule has 4 nitrogen and oxygen atoms in total. The van der Waals surface area contributed by atoms with E-state index in [1.807, 2.05) is 0 Å². The second kappa shape index (κ2) is 9.65. The van der Waals surface area contributed by atoms with Gasteiger partial charge in [-0.25, -0.2) is 9.38 Å². The lowest BCUT2D eigenvalue weighted by Crippen LogP contribution is -2.14. The van der Waals surface area contributed by atoms with Crippen LogP contribution in [0.1, 0.15) is 16.7 Å². The van der Waals surface area contributed by atoms with Gasteiger partial charge in [0, 0.05) is 16.8 Å². The van der Waals surface area contributed by atoms with Crippen molar-refractivity contribution in [2.45, 2.75) is 6.18 Å². The van der Waals surface area contributed by atoms with E-state index in [1.165, 1.54) is 54.6 Å². The zero-order chi connectivity index (χ0) is 23.3. The molecular formula is C23H16ClF4N3O. The molecule has 0 aliphatic rings. The number of halogens is 5. The van der Waals surface area contributed by atoms with Crippen LogP contribution in [0.3, 0.4) is 0 Å². The molecule has 9 heteroatoms. The van der Waals surface area contributed by atoms with Crippen molar-refractivity contribution in [1.82, 2.24) is 0 Å². The summed E-state index contributed by atoms with van der Waals surface area (Å²) in [6.45, 7) is 0. The van der Waals surface area contributed by atoms with Crippen molar-refractivity contribution in [1.29, 1.82) is 0 Å². The third kappa shape index (κ3) is 5.95. The van der Waals surface area contributed by atoms with Gasteiger partial charge in [0.05, 0.1) is 16.8 Å². The number of amidine groups is 1. The number of nitrogens with two attached hydrogens (primary N) is 1. The van der Waals surface area contributed by atoms with Crippen LogP contribution in [0.2, 0.25) is 5.02 Å². The van der Waals surface area contributed by atoms with E-state index in [-0.39, 0.29) is 33.4 Å². The molecule has 32 heavy (non-hydrogen) atoms. The summed E-state index contributed by atoms with van der Waals surface area (Å²) < 4.78 is 53.1. The summed E-state index contributed by atoms with van der Waals surface area (Å²) in [7, 11) is 0. The number of hydrogen-bond acceptors (Lipinski definition) is 2. The van der Waals surface area contributed by atoms with Crippen LogP contribution < -0.4 is 11.1 Å². The third-order valence-electron chi connectivity index (χ3n) is 4.23. The molecule has 0 bridgehead atoms. The van der Waals surface area contributed by atoms with Crippen LogP contribution in [0.5, 0.6) is 0 Å². The van der Waals surface area contributed by atoms with E-state index in [9.17, 15) is 22.4 Å². The second-order valence-corrected chi connectivity index (χ2v) is 7.02. The molecule has 0 spiro atoms. The minimum Gasteiger partial charge on any atom is -0.383 e. The number of nitrogens with zero attached hydrogens (tertiary/aromatic N) is 1. The van der Waals surface area contributed by atoms with E-state index in [0.29, 0.717) is 0 Å². The Morgan fingerprint density at radius 2 is 1.72 bits per heavy atom. The Balaban J connectivity index is 1.80.